The molecule has 0 fully saturated rings. The Hall–Kier alpha value is -1.28. The average molecular weight is 176 g/mol. The third-order valence-electron chi connectivity index (χ3n) is 2.19. The number of methoxy groups -OCH3 is 1. The summed E-state index contributed by atoms with van der Waals surface area (Å²) in [7, 11) is 1.70. The first-order valence-electron chi connectivity index (χ1n) is 4.29. The fourth-order valence-corrected chi connectivity index (χ4v) is 1.54. The van der Waals surface area contributed by atoms with Gasteiger partial charge in [0.2, 0.25) is 0 Å². The molecule has 68 valence electrons. The molecule has 0 aliphatic carbocycles. The average Bonchev–Trinajstić information content (AvgIpc) is 2.44. The number of aryl methyl sites for hydroxylation is 1. The Labute approximate surface area is 77.1 Å². The minimum Gasteiger partial charge on any atom is -0.461 e. The number of para-hydroxylation sites is 1. The van der Waals surface area contributed by atoms with Gasteiger partial charge in [0, 0.05) is 18.1 Å². The molecule has 2 aromatic rings. The zero-order valence-corrected chi connectivity index (χ0v) is 7.83. The summed E-state index contributed by atoms with van der Waals surface area (Å²) < 4.78 is 10.7. The number of ether oxygens (including phenoxy) is 1. The SMILES string of the molecule is COCc1c(C)oc2ccccc12. The van der Waals surface area contributed by atoms with Gasteiger partial charge >= 0.3 is 0 Å². The lowest BCUT2D eigenvalue weighted by Gasteiger charge is -1.96. The lowest BCUT2D eigenvalue weighted by atomic mass is 10.1. The van der Waals surface area contributed by atoms with Gasteiger partial charge in [0.05, 0.1) is 6.61 Å². The number of furan rings is 1. The molecule has 0 N–H and O–H groups in total. The second kappa shape index (κ2) is 3.23. The zero-order valence-electron chi connectivity index (χ0n) is 7.83. The Morgan fingerprint density at radius 1 is 1.31 bits per heavy atom. The summed E-state index contributed by atoms with van der Waals surface area (Å²) in [5, 5.41) is 1.15. The molecule has 2 nitrogen and oxygen atoms in total. The number of fused-ring (bicyclic) bond motifs is 1. The summed E-state index contributed by atoms with van der Waals surface area (Å²) in [6, 6.07) is 8.01. The maximum Gasteiger partial charge on any atom is 0.134 e. The van der Waals surface area contributed by atoms with Crippen LogP contribution in [-0.4, -0.2) is 7.11 Å². The van der Waals surface area contributed by atoms with Crippen LogP contribution in [0.25, 0.3) is 11.0 Å². The Morgan fingerprint density at radius 2 is 2.08 bits per heavy atom. The first kappa shape index (κ1) is 8.32. The molecule has 0 radical (unpaired) electrons. The molecule has 13 heavy (non-hydrogen) atoms. The molecule has 0 aliphatic rings. The van der Waals surface area contributed by atoms with Crippen molar-refractivity contribution < 1.29 is 9.15 Å². The topological polar surface area (TPSA) is 22.4 Å². The van der Waals surface area contributed by atoms with Crippen LogP contribution >= 0.6 is 0 Å². The van der Waals surface area contributed by atoms with Gasteiger partial charge in [-0.3, -0.25) is 0 Å². The van der Waals surface area contributed by atoms with E-state index in [2.05, 4.69) is 6.07 Å². The standard InChI is InChI=1S/C11H12O2/c1-8-10(7-12-2)9-5-3-4-6-11(9)13-8/h3-6H,7H2,1-2H3. The van der Waals surface area contributed by atoms with E-state index in [9.17, 15) is 0 Å². The molecule has 0 saturated heterocycles. The van der Waals surface area contributed by atoms with Crippen molar-refractivity contribution in [2.45, 2.75) is 13.5 Å². The van der Waals surface area contributed by atoms with Crippen LogP contribution in [-0.2, 0) is 11.3 Å². The maximum absolute atomic E-state index is 5.57. The van der Waals surface area contributed by atoms with Crippen molar-refractivity contribution in [1.29, 1.82) is 0 Å². The van der Waals surface area contributed by atoms with Gasteiger partial charge in [-0.15, -0.1) is 0 Å². The Kier molecular flexibility index (Phi) is 2.07. The van der Waals surface area contributed by atoms with Gasteiger partial charge in [-0.1, -0.05) is 18.2 Å². The van der Waals surface area contributed by atoms with Gasteiger partial charge in [0.1, 0.15) is 11.3 Å². The third kappa shape index (κ3) is 1.33. The van der Waals surface area contributed by atoms with Crippen LogP contribution in [0.3, 0.4) is 0 Å². The van der Waals surface area contributed by atoms with E-state index in [1.807, 2.05) is 25.1 Å². The van der Waals surface area contributed by atoms with Gasteiger partial charge in [-0.25, -0.2) is 0 Å². The molecule has 1 aromatic carbocycles. The molecule has 0 saturated carbocycles. The Bertz CT molecular complexity index is 415. The van der Waals surface area contributed by atoms with Crippen molar-refractivity contribution in [3.05, 3.63) is 35.6 Å². The van der Waals surface area contributed by atoms with E-state index < -0.39 is 0 Å². The quantitative estimate of drug-likeness (QED) is 0.702. The van der Waals surface area contributed by atoms with E-state index in [4.69, 9.17) is 9.15 Å². The first-order valence-corrected chi connectivity index (χ1v) is 4.29. The van der Waals surface area contributed by atoms with Crippen molar-refractivity contribution >= 4 is 11.0 Å². The highest BCUT2D eigenvalue weighted by molar-refractivity contribution is 5.81. The third-order valence-corrected chi connectivity index (χ3v) is 2.19. The van der Waals surface area contributed by atoms with E-state index in [-0.39, 0.29) is 0 Å². The van der Waals surface area contributed by atoms with Crippen LogP contribution in [0.15, 0.2) is 28.7 Å². The summed E-state index contributed by atoms with van der Waals surface area (Å²) >= 11 is 0. The molecule has 0 spiro atoms. The number of rotatable bonds is 2. The van der Waals surface area contributed by atoms with Crippen molar-refractivity contribution in [3.63, 3.8) is 0 Å². The second-order valence-corrected chi connectivity index (χ2v) is 3.07. The molecular formula is C11H12O2. The molecule has 2 rings (SSSR count). The molecule has 2 heteroatoms. The fraction of sp³-hybridized carbons (Fsp3) is 0.273. The number of hydrogen-bond donors (Lipinski definition) is 0. The summed E-state index contributed by atoms with van der Waals surface area (Å²) in [6.45, 7) is 2.58. The van der Waals surface area contributed by atoms with Crippen LogP contribution in [0.2, 0.25) is 0 Å². The molecule has 1 aromatic heterocycles. The van der Waals surface area contributed by atoms with Crippen LogP contribution in [0.5, 0.6) is 0 Å². The molecule has 0 bridgehead atoms. The van der Waals surface area contributed by atoms with Gasteiger partial charge in [-0.05, 0) is 13.0 Å². The highest BCUT2D eigenvalue weighted by atomic mass is 16.5. The van der Waals surface area contributed by atoms with E-state index in [1.54, 1.807) is 7.11 Å². The van der Waals surface area contributed by atoms with Gasteiger partial charge in [0.15, 0.2) is 0 Å². The monoisotopic (exact) mass is 176 g/mol. The predicted octanol–water partition coefficient (Wildman–Crippen LogP) is 2.89. The van der Waals surface area contributed by atoms with Gasteiger partial charge in [0.25, 0.3) is 0 Å². The smallest absolute Gasteiger partial charge is 0.134 e. The van der Waals surface area contributed by atoms with Crippen molar-refractivity contribution in [2.75, 3.05) is 7.11 Å². The first-order chi connectivity index (χ1) is 6.33. The largest absolute Gasteiger partial charge is 0.461 e. The molecule has 1 heterocycles. The fourth-order valence-electron chi connectivity index (χ4n) is 1.54. The molecule has 0 atom stereocenters. The van der Waals surface area contributed by atoms with Gasteiger partial charge < -0.3 is 9.15 Å². The van der Waals surface area contributed by atoms with E-state index in [0.29, 0.717) is 6.61 Å². The molecule has 0 unspecified atom stereocenters. The van der Waals surface area contributed by atoms with E-state index >= 15 is 0 Å². The maximum atomic E-state index is 5.57. The second-order valence-electron chi connectivity index (χ2n) is 3.07. The minimum atomic E-state index is 0.614. The molecular weight excluding hydrogens is 164 g/mol. The van der Waals surface area contributed by atoms with Crippen LogP contribution in [0.4, 0.5) is 0 Å². The number of benzene rings is 1. The zero-order chi connectivity index (χ0) is 9.26. The summed E-state index contributed by atoms with van der Waals surface area (Å²) in [5.74, 6) is 0.947. The predicted molar refractivity (Wildman–Crippen MR) is 51.7 cm³/mol. The molecule has 0 aliphatic heterocycles. The van der Waals surface area contributed by atoms with E-state index in [1.165, 1.54) is 0 Å². The van der Waals surface area contributed by atoms with E-state index in [0.717, 1.165) is 22.3 Å². The number of hydrogen-bond acceptors (Lipinski definition) is 2. The summed E-state index contributed by atoms with van der Waals surface area (Å²) in [4.78, 5) is 0. The highest BCUT2D eigenvalue weighted by Gasteiger charge is 2.08. The summed E-state index contributed by atoms with van der Waals surface area (Å²) in [6.07, 6.45) is 0. The van der Waals surface area contributed by atoms with Crippen LogP contribution in [0, 0.1) is 6.92 Å². The lowest BCUT2D eigenvalue weighted by Crippen LogP contribution is -1.87. The summed E-state index contributed by atoms with van der Waals surface area (Å²) in [5.41, 5.74) is 2.09. The Balaban J connectivity index is 2.64. The van der Waals surface area contributed by atoms with Crippen molar-refractivity contribution in [3.8, 4) is 0 Å². The normalized spacial score (nSPS) is 10.9. The minimum absolute atomic E-state index is 0.614. The highest BCUT2D eigenvalue weighted by Crippen LogP contribution is 2.25. The van der Waals surface area contributed by atoms with Crippen LogP contribution in [0.1, 0.15) is 11.3 Å². The van der Waals surface area contributed by atoms with Gasteiger partial charge in [-0.2, -0.15) is 0 Å². The molecule has 0 amide bonds. The Morgan fingerprint density at radius 3 is 2.85 bits per heavy atom. The van der Waals surface area contributed by atoms with Crippen molar-refractivity contribution in [2.24, 2.45) is 0 Å². The lowest BCUT2D eigenvalue weighted by molar-refractivity contribution is 0.184. The van der Waals surface area contributed by atoms with Crippen molar-refractivity contribution in [1.82, 2.24) is 0 Å². The van der Waals surface area contributed by atoms with Crippen LogP contribution < -0.4 is 0 Å².